The summed E-state index contributed by atoms with van der Waals surface area (Å²) >= 11 is 3.32. The van der Waals surface area contributed by atoms with Gasteiger partial charge in [0.25, 0.3) is 5.91 Å². The fourth-order valence-corrected chi connectivity index (χ4v) is 5.12. The average Bonchev–Trinajstić information content (AvgIpc) is 2.71. The van der Waals surface area contributed by atoms with Crippen LogP contribution >= 0.6 is 15.9 Å². The van der Waals surface area contributed by atoms with Crippen LogP contribution in [0, 0.1) is 5.82 Å². The maximum atomic E-state index is 13.9. The maximum Gasteiger partial charge on any atom is 0.251 e. The third-order valence-electron chi connectivity index (χ3n) is 4.78. The largest absolute Gasteiger partial charge is 0.367 e. The number of nitrogens with one attached hydrogen (secondary N) is 1. The molecule has 1 heterocycles. The molecule has 0 bridgehead atoms. The van der Waals surface area contributed by atoms with Crippen molar-refractivity contribution in [1.29, 1.82) is 0 Å². The number of nitrogens with zero attached hydrogens (tertiary/aromatic N) is 2. The molecule has 3 rings (SSSR count). The molecule has 156 valence electrons. The van der Waals surface area contributed by atoms with E-state index >= 15 is 0 Å². The van der Waals surface area contributed by atoms with Crippen LogP contribution in [0.1, 0.15) is 16.8 Å². The molecular formula is C20H23BrFN3O3S. The quantitative estimate of drug-likeness (QED) is 0.614. The van der Waals surface area contributed by atoms with Gasteiger partial charge in [0.05, 0.1) is 11.4 Å². The molecule has 1 amide bonds. The van der Waals surface area contributed by atoms with E-state index in [4.69, 9.17) is 0 Å². The molecule has 0 aliphatic carbocycles. The molecule has 0 atom stereocenters. The number of hydrogen-bond donors (Lipinski definition) is 1. The zero-order chi connectivity index (χ0) is 20.9. The summed E-state index contributed by atoms with van der Waals surface area (Å²) in [5.41, 5.74) is 1.02. The number of halogens is 2. The number of benzene rings is 2. The molecule has 2 aromatic rings. The average molecular weight is 484 g/mol. The molecule has 1 fully saturated rings. The lowest BCUT2D eigenvalue weighted by molar-refractivity contribution is 0.0953. The molecule has 29 heavy (non-hydrogen) atoms. The summed E-state index contributed by atoms with van der Waals surface area (Å²) < 4.78 is 41.3. The summed E-state index contributed by atoms with van der Waals surface area (Å²) in [5.74, 6) is -0.571. The first kappa shape index (κ1) is 21.7. The first-order chi connectivity index (χ1) is 13.9. The van der Waals surface area contributed by atoms with Crippen LogP contribution in [-0.2, 0) is 10.0 Å². The second-order valence-electron chi connectivity index (χ2n) is 6.77. The summed E-state index contributed by atoms with van der Waals surface area (Å²) in [7, 11) is -3.41. The molecule has 1 aliphatic heterocycles. The Kier molecular flexibility index (Phi) is 7.26. The molecule has 2 aromatic carbocycles. The molecule has 1 aliphatic rings. The number of sulfonamides is 1. The summed E-state index contributed by atoms with van der Waals surface area (Å²) in [6.45, 7) is 1.81. The van der Waals surface area contributed by atoms with E-state index in [1.807, 2.05) is 11.0 Å². The Balaban J connectivity index is 1.44. The van der Waals surface area contributed by atoms with Gasteiger partial charge in [0.15, 0.2) is 0 Å². The molecule has 9 heteroatoms. The Bertz CT molecular complexity index is 963. The molecule has 0 aromatic heterocycles. The van der Waals surface area contributed by atoms with Gasteiger partial charge < -0.3 is 10.2 Å². The van der Waals surface area contributed by atoms with Gasteiger partial charge in [-0.1, -0.05) is 34.1 Å². The van der Waals surface area contributed by atoms with E-state index in [0.717, 1.165) is 4.47 Å². The smallest absolute Gasteiger partial charge is 0.251 e. The SMILES string of the molecule is O=C(NCCCS(=O)(=O)N1CCN(c2ccccc2F)CC1)c1cccc(Br)c1. The fraction of sp³-hybridized carbons (Fsp3) is 0.350. The number of anilines is 1. The number of carbonyl (C=O) groups excluding carboxylic acids is 1. The fourth-order valence-electron chi connectivity index (χ4n) is 3.23. The van der Waals surface area contributed by atoms with Crippen molar-refractivity contribution in [1.82, 2.24) is 9.62 Å². The minimum absolute atomic E-state index is 0.0362. The predicted molar refractivity (Wildman–Crippen MR) is 115 cm³/mol. The molecule has 0 saturated carbocycles. The van der Waals surface area contributed by atoms with Gasteiger partial charge >= 0.3 is 0 Å². The molecule has 0 spiro atoms. The Morgan fingerprint density at radius 3 is 2.48 bits per heavy atom. The van der Waals surface area contributed by atoms with Crippen LogP contribution in [0.5, 0.6) is 0 Å². The van der Waals surface area contributed by atoms with Gasteiger partial charge in [-0.15, -0.1) is 0 Å². The van der Waals surface area contributed by atoms with Crippen molar-refractivity contribution < 1.29 is 17.6 Å². The van der Waals surface area contributed by atoms with E-state index < -0.39 is 10.0 Å². The van der Waals surface area contributed by atoms with Gasteiger partial charge in [-0.2, -0.15) is 4.31 Å². The Labute approximate surface area is 178 Å². The highest BCUT2D eigenvalue weighted by Gasteiger charge is 2.27. The van der Waals surface area contributed by atoms with Crippen LogP contribution in [0.25, 0.3) is 0 Å². The van der Waals surface area contributed by atoms with Crippen molar-refractivity contribution in [3.63, 3.8) is 0 Å². The van der Waals surface area contributed by atoms with Crippen molar-refractivity contribution in [2.24, 2.45) is 0 Å². The molecule has 1 N–H and O–H groups in total. The number of rotatable bonds is 7. The molecule has 0 unspecified atom stereocenters. The van der Waals surface area contributed by atoms with Crippen molar-refractivity contribution in [3.05, 3.63) is 64.4 Å². The number of para-hydroxylation sites is 1. The lowest BCUT2D eigenvalue weighted by atomic mass is 10.2. The van der Waals surface area contributed by atoms with Crippen molar-refractivity contribution in [2.45, 2.75) is 6.42 Å². The highest BCUT2D eigenvalue weighted by Crippen LogP contribution is 2.21. The highest BCUT2D eigenvalue weighted by atomic mass is 79.9. The van der Waals surface area contributed by atoms with Crippen molar-refractivity contribution in [2.75, 3.05) is 43.4 Å². The summed E-state index contributed by atoms with van der Waals surface area (Å²) in [6.07, 6.45) is 0.329. The van der Waals surface area contributed by atoms with E-state index in [2.05, 4.69) is 21.2 Å². The Morgan fingerprint density at radius 2 is 1.79 bits per heavy atom. The van der Waals surface area contributed by atoms with Crippen LogP contribution < -0.4 is 10.2 Å². The van der Waals surface area contributed by atoms with E-state index in [1.54, 1.807) is 36.4 Å². The van der Waals surface area contributed by atoms with Crippen LogP contribution in [0.4, 0.5) is 10.1 Å². The topological polar surface area (TPSA) is 69.7 Å². The maximum absolute atomic E-state index is 13.9. The van der Waals surface area contributed by atoms with Crippen molar-refractivity contribution >= 4 is 37.5 Å². The second-order valence-corrected chi connectivity index (χ2v) is 9.78. The third kappa shape index (κ3) is 5.77. The summed E-state index contributed by atoms with van der Waals surface area (Å²) in [5, 5.41) is 2.74. The minimum Gasteiger partial charge on any atom is -0.367 e. The number of amides is 1. The molecule has 6 nitrogen and oxygen atoms in total. The van der Waals surface area contributed by atoms with Gasteiger partial charge in [-0.3, -0.25) is 4.79 Å². The summed E-state index contributed by atoms with van der Waals surface area (Å²) in [6, 6.07) is 13.5. The van der Waals surface area contributed by atoms with Crippen LogP contribution in [0.15, 0.2) is 53.0 Å². The van der Waals surface area contributed by atoms with E-state index in [1.165, 1.54) is 10.4 Å². The number of carbonyl (C=O) groups is 1. The molecule has 0 radical (unpaired) electrons. The van der Waals surface area contributed by atoms with Gasteiger partial charge in [0.2, 0.25) is 10.0 Å². The zero-order valence-electron chi connectivity index (χ0n) is 15.9. The number of piperazine rings is 1. The van der Waals surface area contributed by atoms with E-state index in [0.29, 0.717) is 43.9 Å². The first-order valence-electron chi connectivity index (χ1n) is 9.38. The Hall–Kier alpha value is -1.97. The van der Waals surface area contributed by atoms with Gasteiger partial charge in [-0.05, 0) is 36.8 Å². The number of hydrogen-bond acceptors (Lipinski definition) is 4. The minimum atomic E-state index is -3.41. The zero-order valence-corrected chi connectivity index (χ0v) is 18.3. The normalized spacial score (nSPS) is 15.3. The monoisotopic (exact) mass is 483 g/mol. The molecule has 1 saturated heterocycles. The predicted octanol–water partition coefficient (Wildman–Crippen LogP) is 2.86. The standard InChI is InChI=1S/C20H23BrFN3O3S/c21-17-6-3-5-16(15-17)20(26)23-9-4-14-29(27,28)25-12-10-24(11-13-25)19-8-2-1-7-18(19)22/h1-3,5-8,15H,4,9-14H2,(H,23,26). The van der Waals surface area contributed by atoms with Crippen LogP contribution in [0.3, 0.4) is 0 Å². The van der Waals surface area contributed by atoms with E-state index in [9.17, 15) is 17.6 Å². The lowest BCUT2D eigenvalue weighted by Crippen LogP contribution is -2.49. The summed E-state index contributed by atoms with van der Waals surface area (Å²) in [4.78, 5) is 14.0. The second kappa shape index (κ2) is 9.69. The van der Waals surface area contributed by atoms with E-state index in [-0.39, 0.29) is 24.0 Å². The van der Waals surface area contributed by atoms with Crippen molar-refractivity contribution in [3.8, 4) is 0 Å². The first-order valence-corrected chi connectivity index (χ1v) is 11.8. The van der Waals surface area contributed by atoms with Gasteiger partial charge in [0, 0.05) is 42.8 Å². The lowest BCUT2D eigenvalue weighted by Gasteiger charge is -2.35. The Morgan fingerprint density at radius 1 is 1.07 bits per heavy atom. The van der Waals surface area contributed by atoms with Gasteiger partial charge in [0.1, 0.15) is 5.82 Å². The van der Waals surface area contributed by atoms with Gasteiger partial charge in [-0.25, -0.2) is 12.8 Å². The third-order valence-corrected chi connectivity index (χ3v) is 7.23. The van der Waals surface area contributed by atoms with Crippen LogP contribution in [0.2, 0.25) is 0 Å². The molecular weight excluding hydrogens is 461 g/mol. The highest BCUT2D eigenvalue weighted by molar-refractivity contribution is 9.10. The van der Waals surface area contributed by atoms with Crippen LogP contribution in [-0.4, -0.2) is 57.1 Å².